The van der Waals surface area contributed by atoms with E-state index in [4.69, 9.17) is 22.6 Å². The molecule has 1 aromatic carbocycles. The third-order valence-electron chi connectivity index (χ3n) is 3.26. The van der Waals surface area contributed by atoms with Gasteiger partial charge in [0, 0.05) is 10.7 Å². The van der Waals surface area contributed by atoms with Crippen LogP contribution in [0.25, 0.3) is 5.69 Å². The van der Waals surface area contributed by atoms with Crippen LogP contribution in [0.4, 0.5) is 5.82 Å². The van der Waals surface area contributed by atoms with Gasteiger partial charge in [0.15, 0.2) is 0 Å². The Bertz CT molecular complexity index is 663. The second kappa shape index (κ2) is 4.40. The maximum atomic E-state index is 9.13. The summed E-state index contributed by atoms with van der Waals surface area (Å²) in [5, 5.41) is 9.82. The van der Waals surface area contributed by atoms with Gasteiger partial charge in [0.05, 0.1) is 11.3 Å². The van der Waals surface area contributed by atoms with E-state index in [2.05, 4.69) is 6.07 Å². The van der Waals surface area contributed by atoms with E-state index in [-0.39, 0.29) is 0 Å². The monoisotopic (exact) mass is 259 g/mol. The number of hydrogen-bond donors (Lipinski definition) is 1. The summed E-state index contributed by atoms with van der Waals surface area (Å²) in [5.74, 6) is 0.484. The molecule has 4 heteroatoms. The SMILES string of the molecule is Cc1cc(Cl)ccc1-n1c(C)c(C)c(C#N)c1N. The lowest BCUT2D eigenvalue weighted by molar-refractivity contribution is 1.00. The normalized spacial score (nSPS) is 10.4. The maximum Gasteiger partial charge on any atom is 0.126 e. The van der Waals surface area contributed by atoms with Crippen LogP contribution in [0.1, 0.15) is 22.4 Å². The highest BCUT2D eigenvalue weighted by atomic mass is 35.5. The van der Waals surface area contributed by atoms with E-state index in [1.807, 2.05) is 43.5 Å². The number of halogens is 1. The standard InChI is InChI=1S/C14H14ClN3/c1-8-6-11(15)4-5-13(8)18-10(3)9(2)12(7-16)14(18)17/h4-6H,17H2,1-3H3. The number of aromatic nitrogens is 1. The number of benzene rings is 1. The first kappa shape index (κ1) is 12.5. The van der Waals surface area contributed by atoms with Crippen LogP contribution in [-0.4, -0.2) is 4.57 Å². The van der Waals surface area contributed by atoms with Crippen LogP contribution in [0.15, 0.2) is 18.2 Å². The van der Waals surface area contributed by atoms with Gasteiger partial charge in [0.25, 0.3) is 0 Å². The Morgan fingerprint density at radius 1 is 1.28 bits per heavy atom. The Labute approximate surface area is 111 Å². The Morgan fingerprint density at radius 3 is 2.44 bits per heavy atom. The van der Waals surface area contributed by atoms with E-state index in [1.165, 1.54) is 0 Å². The van der Waals surface area contributed by atoms with Gasteiger partial charge in [-0.05, 0) is 50.1 Å². The lowest BCUT2D eigenvalue weighted by Crippen LogP contribution is -2.04. The highest BCUT2D eigenvalue weighted by Crippen LogP contribution is 2.29. The number of anilines is 1. The van der Waals surface area contributed by atoms with E-state index in [0.717, 1.165) is 22.5 Å². The predicted molar refractivity (Wildman–Crippen MR) is 74.1 cm³/mol. The number of nitrogen functional groups attached to an aromatic ring is 1. The smallest absolute Gasteiger partial charge is 0.126 e. The molecule has 1 heterocycles. The fourth-order valence-electron chi connectivity index (χ4n) is 2.15. The quantitative estimate of drug-likeness (QED) is 0.852. The number of rotatable bonds is 1. The van der Waals surface area contributed by atoms with Crippen molar-refractivity contribution in [1.29, 1.82) is 5.26 Å². The minimum Gasteiger partial charge on any atom is -0.384 e. The van der Waals surface area contributed by atoms with Crippen molar-refractivity contribution in [3.8, 4) is 11.8 Å². The molecular formula is C14H14ClN3. The molecular weight excluding hydrogens is 246 g/mol. The van der Waals surface area contributed by atoms with Crippen LogP contribution in [-0.2, 0) is 0 Å². The van der Waals surface area contributed by atoms with Gasteiger partial charge in [-0.15, -0.1) is 0 Å². The van der Waals surface area contributed by atoms with E-state index in [9.17, 15) is 0 Å². The van der Waals surface area contributed by atoms with Gasteiger partial charge in [0.1, 0.15) is 11.9 Å². The van der Waals surface area contributed by atoms with Crippen molar-refractivity contribution in [3.63, 3.8) is 0 Å². The zero-order valence-electron chi connectivity index (χ0n) is 10.6. The molecule has 18 heavy (non-hydrogen) atoms. The number of hydrogen-bond acceptors (Lipinski definition) is 2. The number of nitriles is 1. The van der Waals surface area contributed by atoms with E-state index >= 15 is 0 Å². The average Bonchev–Trinajstić information content (AvgIpc) is 2.52. The predicted octanol–water partition coefficient (Wildman–Crippen LogP) is 3.51. The lowest BCUT2D eigenvalue weighted by Gasteiger charge is -2.12. The van der Waals surface area contributed by atoms with Crippen LogP contribution in [0.5, 0.6) is 0 Å². The first-order chi connectivity index (χ1) is 8.47. The van der Waals surface area contributed by atoms with Crippen LogP contribution >= 0.6 is 11.6 Å². The van der Waals surface area contributed by atoms with Crippen molar-refractivity contribution >= 4 is 17.4 Å². The largest absolute Gasteiger partial charge is 0.384 e. The summed E-state index contributed by atoms with van der Waals surface area (Å²) in [7, 11) is 0. The van der Waals surface area contributed by atoms with Gasteiger partial charge in [-0.3, -0.25) is 4.57 Å². The number of aryl methyl sites for hydroxylation is 1. The molecule has 0 radical (unpaired) electrons. The van der Waals surface area contributed by atoms with E-state index in [1.54, 1.807) is 0 Å². The highest BCUT2D eigenvalue weighted by Gasteiger charge is 2.17. The van der Waals surface area contributed by atoms with E-state index in [0.29, 0.717) is 16.4 Å². The summed E-state index contributed by atoms with van der Waals surface area (Å²) in [5.41, 5.74) is 10.5. The molecule has 3 nitrogen and oxygen atoms in total. The lowest BCUT2D eigenvalue weighted by atomic mass is 10.2. The minimum absolute atomic E-state index is 0.484. The van der Waals surface area contributed by atoms with Crippen LogP contribution in [0, 0.1) is 32.1 Å². The summed E-state index contributed by atoms with van der Waals surface area (Å²) in [6, 6.07) is 7.78. The molecule has 0 atom stereocenters. The Morgan fingerprint density at radius 2 is 1.94 bits per heavy atom. The van der Waals surface area contributed by atoms with Gasteiger partial charge in [-0.1, -0.05) is 11.6 Å². The van der Waals surface area contributed by atoms with Gasteiger partial charge >= 0.3 is 0 Å². The summed E-state index contributed by atoms with van der Waals surface area (Å²) < 4.78 is 1.90. The molecule has 0 amide bonds. The molecule has 0 saturated heterocycles. The molecule has 0 saturated carbocycles. The van der Waals surface area contributed by atoms with Gasteiger partial charge in [-0.25, -0.2) is 0 Å². The zero-order chi connectivity index (χ0) is 13.4. The van der Waals surface area contributed by atoms with Crippen molar-refractivity contribution < 1.29 is 0 Å². The summed E-state index contributed by atoms with van der Waals surface area (Å²) in [4.78, 5) is 0. The maximum absolute atomic E-state index is 9.13. The molecule has 2 N–H and O–H groups in total. The number of nitrogens with zero attached hydrogens (tertiary/aromatic N) is 2. The van der Waals surface area contributed by atoms with Crippen molar-refractivity contribution in [2.24, 2.45) is 0 Å². The molecule has 2 aromatic rings. The Balaban J connectivity index is 2.77. The van der Waals surface area contributed by atoms with Crippen molar-refractivity contribution in [1.82, 2.24) is 4.57 Å². The molecule has 0 fully saturated rings. The van der Waals surface area contributed by atoms with Crippen LogP contribution in [0.3, 0.4) is 0 Å². The molecule has 0 aliphatic rings. The average molecular weight is 260 g/mol. The van der Waals surface area contributed by atoms with Crippen molar-refractivity contribution in [2.45, 2.75) is 20.8 Å². The van der Waals surface area contributed by atoms with Gasteiger partial charge < -0.3 is 5.73 Å². The fourth-order valence-corrected chi connectivity index (χ4v) is 2.38. The second-order valence-electron chi connectivity index (χ2n) is 4.35. The van der Waals surface area contributed by atoms with Gasteiger partial charge in [-0.2, -0.15) is 5.26 Å². The molecule has 0 aliphatic carbocycles. The summed E-state index contributed by atoms with van der Waals surface area (Å²) >= 11 is 5.95. The summed E-state index contributed by atoms with van der Waals surface area (Å²) in [6.45, 7) is 5.84. The molecule has 1 aromatic heterocycles. The molecule has 0 aliphatic heterocycles. The minimum atomic E-state index is 0.484. The van der Waals surface area contributed by atoms with Crippen LogP contribution < -0.4 is 5.73 Å². The zero-order valence-corrected chi connectivity index (χ0v) is 11.3. The van der Waals surface area contributed by atoms with Crippen molar-refractivity contribution in [3.05, 3.63) is 45.6 Å². The second-order valence-corrected chi connectivity index (χ2v) is 4.79. The van der Waals surface area contributed by atoms with Crippen LogP contribution in [0.2, 0.25) is 5.02 Å². The first-order valence-electron chi connectivity index (χ1n) is 5.61. The summed E-state index contributed by atoms with van der Waals surface area (Å²) in [6.07, 6.45) is 0. The topological polar surface area (TPSA) is 54.7 Å². The Kier molecular flexibility index (Phi) is 3.06. The molecule has 0 unspecified atom stereocenters. The fraction of sp³-hybridized carbons (Fsp3) is 0.214. The molecule has 0 spiro atoms. The third-order valence-corrected chi connectivity index (χ3v) is 3.50. The highest BCUT2D eigenvalue weighted by molar-refractivity contribution is 6.30. The molecule has 2 rings (SSSR count). The van der Waals surface area contributed by atoms with E-state index < -0.39 is 0 Å². The number of nitrogens with two attached hydrogens (primary N) is 1. The third kappa shape index (κ3) is 1.75. The van der Waals surface area contributed by atoms with Crippen molar-refractivity contribution in [2.75, 3.05) is 5.73 Å². The molecule has 0 bridgehead atoms. The van der Waals surface area contributed by atoms with Gasteiger partial charge in [0.2, 0.25) is 0 Å². The molecule has 92 valence electrons. The Hall–Kier alpha value is -1.92. The first-order valence-corrected chi connectivity index (χ1v) is 5.99.